The number of hydrazone groups is 1. The number of rotatable bonds is 4. The van der Waals surface area contributed by atoms with E-state index in [0.717, 1.165) is 41.1 Å². The van der Waals surface area contributed by atoms with E-state index in [1.165, 1.54) is 24.6 Å². The fourth-order valence-electron chi connectivity index (χ4n) is 4.28. The van der Waals surface area contributed by atoms with E-state index >= 15 is 0 Å². The van der Waals surface area contributed by atoms with E-state index in [-0.39, 0.29) is 23.6 Å². The van der Waals surface area contributed by atoms with Gasteiger partial charge in [-0.3, -0.25) is 9.80 Å². The highest BCUT2D eigenvalue weighted by Gasteiger charge is 2.42. The number of hydrogen-bond acceptors (Lipinski definition) is 4. The maximum Gasteiger partial charge on any atom is 0.154 e. The average Bonchev–Trinajstić information content (AvgIpc) is 3.07. The van der Waals surface area contributed by atoms with E-state index in [9.17, 15) is 9.18 Å². The van der Waals surface area contributed by atoms with E-state index in [0.29, 0.717) is 0 Å². The van der Waals surface area contributed by atoms with Crippen LogP contribution in [-0.4, -0.2) is 23.6 Å². The third-order valence-corrected chi connectivity index (χ3v) is 5.51. The van der Waals surface area contributed by atoms with E-state index < -0.39 is 0 Å². The van der Waals surface area contributed by atoms with Gasteiger partial charge in [-0.25, -0.2) is 4.39 Å². The van der Waals surface area contributed by atoms with Gasteiger partial charge < -0.3 is 4.74 Å². The number of fused-ring (bicyclic) bond motifs is 3. The molecule has 0 bridgehead atoms. The molecular formula is C23H23FN2O2. The van der Waals surface area contributed by atoms with Crippen LogP contribution >= 0.6 is 0 Å². The molecule has 4 rings (SSSR count). The number of ether oxygens (including phenoxy) is 1. The van der Waals surface area contributed by atoms with Gasteiger partial charge in [-0.15, -0.1) is 0 Å². The lowest BCUT2D eigenvalue weighted by atomic mass is 9.77. The van der Waals surface area contributed by atoms with Crippen LogP contribution in [0.5, 0.6) is 5.75 Å². The lowest BCUT2D eigenvalue weighted by Crippen LogP contribution is -2.28. The molecule has 2 aromatic rings. The van der Waals surface area contributed by atoms with Crippen LogP contribution in [0.2, 0.25) is 0 Å². The van der Waals surface area contributed by atoms with Crippen molar-refractivity contribution in [1.82, 2.24) is 5.01 Å². The Morgan fingerprint density at radius 2 is 1.96 bits per heavy atom. The Morgan fingerprint density at radius 3 is 2.64 bits per heavy atom. The first-order valence-electron chi connectivity index (χ1n) is 9.47. The number of methoxy groups -OCH3 is 1. The number of benzene rings is 2. The molecule has 1 aliphatic carbocycles. The molecule has 0 unspecified atom stereocenters. The number of hydrogen-bond donors (Lipinski definition) is 0. The Balaban J connectivity index is 1.81. The molecule has 2 aliphatic rings. The first-order chi connectivity index (χ1) is 13.5. The SMILES string of the molecule is COc1ccc2c(c1)CC[C@@H]1C2=NN(C(C)=CC(C)=O)[C@H]1c1ccc(F)cc1. The summed E-state index contributed by atoms with van der Waals surface area (Å²) in [6.45, 7) is 3.43. The molecule has 0 spiro atoms. The Hall–Kier alpha value is -2.95. The lowest BCUT2D eigenvalue weighted by molar-refractivity contribution is -0.112. The minimum atomic E-state index is -0.258. The summed E-state index contributed by atoms with van der Waals surface area (Å²) in [4.78, 5) is 11.7. The van der Waals surface area contributed by atoms with Crippen molar-refractivity contribution in [2.45, 2.75) is 32.7 Å². The van der Waals surface area contributed by atoms with Crippen LogP contribution in [0.15, 0.2) is 59.3 Å². The predicted octanol–water partition coefficient (Wildman–Crippen LogP) is 4.65. The maximum absolute atomic E-state index is 13.5. The summed E-state index contributed by atoms with van der Waals surface area (Å²) in [5, 5.41) is 6.86. The lowest BCUT2D eigenvalue weighted by Gasteiger charge is -2.31. The van der Waals surface area contributed by atoms with Crippen molar-refractivity contribution in [3.05, 3.63) is 76.7 Å². The largest absolute Gasteiger partial charge is 0.497 e. The number of aryl methyl sites for hydroxylation is 1. The van der Waals surface area contributed by atoms with Crippen molar-refractivity contribution in [1.29, 1.82) is 0 Å². The van der Waals surface area contributed by atoms with Gasteiger partial charge in [0.05, 0.1) is 18.9 Å². The average molecular weight is 378 g/mol. The van der Waals surface area contributed by atoms with Gasteiger partial charge in [0.2, 0.25) is 0 Å². The number of halogens is 1. The van der Waals surface area contributed by atoms with Gasteiger partial charge in [-0.05, 0) is 68.1 Å². The van der Waals surface area contributed by atoms with Gasteiger partial charge >= 0.3 is 0 Å². The third-order valence-electron chi connectivity index (χ3n) is 5.51. The number of carbonyl (C=O) groups is 1. The molecule has 28 heavy (non-hydrogen) atoms. The van der Waals surface area contributed by atoms with Crippen LogP contribution in [0.3, 0.4) is 0 Å². The Labute approximate surface area is 164 Å². The quantitative estimate of drug-likeness (QED) is 0.727. The van der Waals surface area contributed by atoms with Crippen LogP contribution in [0, 0.1) is 11.7 Å². The van der Waals surface area contributed by atoms with Crippen molar-refractivity contribution in [3.63, 3.8) is 0 Å². The molecule has 0 saturated heterocycles. The first kappa shape index (κ1) is 18.4. The topological polar surface area (TPSA) is 41.9 Å². The molecule has 0 fully saturated rings. The highest BCUT2D eigenvalue weighted by Crippen LogP contribution is 2.45. The standard InChI is InChI=1S/C23H23FN2O2/c1-14(12-15(2)27)26-23(16-4-7-18(24)8-5-16)21-10-6-17-13-19(28-3)9-11-20(17)22(21)25-26/h4-5,7-9,11-13,21,23H,6,10H2,1-3H3/t21-,23+/m1/s1. The van der Waals surface area contributed by atoms with E-state index in [2.05, 4.69) is 12.1 Å². The summed E-state index contributed by atoms with van der Waals surface area (Å²) in [7, 11) is 1.67. The Morgan fingerprint density at radius 1 is 1.21 bits per heavy atom. The van der Waals surface area contributed by atoms with E-state index in [1.807, 2.05) is 30.1 Å². The second-order valence-electron chi connectivity index (χ2n) is 7.39. The van der Waals surface area contributed by atoms with Crippen molar-refractivity contribution < 1.29 is 13.9 Å². The fraction of sp³-hybridized carbons (Fsp3) is 0.304. The minimum Gasteiger partial charge on any atom is -0.497 e. The molecule has 144 valence electrons. The van der Waals surface area contributed by atoms with Gasteiger partial charge in [0.15, 0.2) is 5.78 Å². The molecule has 0 aromatic heterocycles. The van der Waals surface area contributed by atoms with Gasteiger partial charge in [0, 0.05) is 23.3 Å². The molecule has 4 nitrogen and oxygen atoms in total. The van der Waals surface area contributed by atoms with Crippen molar-refractivity contribution in [2.24, 2.45) is 11.0 Å². The second-order valence-corrected chi connectivity index (χ2v) is 7.39. The van der Waals surface area contributed by atoms with Crippen LogP contribution in [-0.2, 0) is 11.2 Å². The molecule has 0 saturated carbocycles. The monoisotopic (exact) mass is 378 g/mol. The molecule has 2 atom stereocenters. The smallest absolute Gasteiger partial charge is 0.154 e. The minimum absolute atomic E-state index is 0.0180. The van der Waals surface area contributed by atoms with Crippen molar-refractivity contribution in [3.8, 4) is 5.75 Å². The van der Waals surface area contributed by atoms with Gasteiger partial charge in [0.1, 0.15) is 11.6 Å². The fourth-order valence-corrected chi connectivity index (χ4v) is 4.28. The number of ketones is 1. The molecular weight excluding hydrogens is 355 g/mol. The Bertz CT molecular complexity index is 979. The normalized spacial score (nSPS) is 21.1. The van der Waals surface area contributed by atoms with Crippen molar-refractivity contribution >= 4 is 11.5 Å². The zero-order valence-corrected chi connectivity index (χ0v) is 16.3. The molecule has 0 amide bonds. The number of carbonyl (C=O) groups excluding carboxylic acids is 1. The zero-order valence-electron chi connectivity index (χ0n) is 16.3. The Kier molecular flexibility index (Phi) is 4.75. The van der Waals surface area contributed by atoms with Crippen molar-refractivity contribution in [2.75, 3.05) is 7.11 Å². The zero-order chi connectivity index (χ0) is 19.8. The summed E-state index contributed by atoms with van der Waals surface area (Å²) in [5.74, 6) is 0.749. The highest BCUT2D eigenvalue weighted by molar-refractivity contribution is 6.06. The number of nitrogens with zero attached hydrogens (tertiary/aromatic N) is 2. The molecule has 0 radical (unpaired) electrons. The van der Waals surface area contributed by atoms with Gasteiger partial charge in [0.25, 0.3) is 0 Å². The predicted molar refractivity (Wildman–Crippen MR) is 107 cm³/mol. The van der Waals surface area contributed by atoms with Gasteiger partial charge in [-0.1, -0.05) is 12.1 Å². The summed E-state index contributed by atoms with van der Waals surface area (Å²) >= 11 is 0. The molecule has 1 aliphatic heterocycles. The highest BCUT2D eigenvalue weighted by atomic mass is 19.1. The van der Waals surface area contributed by atoms with Crippen LogP contribution < -0.4 is 4.74 Å². The molecule has 5 heteroatoms. The van der Waals surface area contributed by atoms with E-state index in [4.69, 9.17) is 9.84 Å². The summed E-state index contributed by atoms with van der Waals surface area (Å²) in [6.07, 6.45) is 3.47. The van der Waals surface area contributed by atoms with Gasteiger partial charge in [-0.2, -0.15) is 5.10 Å². The maximum atomic E-state index is 13.5. The summed E-state index contributed by atoms with van der Waals surface area (Å²) in [5.41, 5.74) is 5.16. The summed E-state index contributed by atoms with van der Waals surface area (Å²) < 4.78 is 18.9. The van der Waals surface area contributed by atoms with E-state index in [1.54, 1.807) is 13.2 Å². The van der Waals surface area contributed by atoms with Crippen LogP contribution in [0.1, 0.15) is 43.0 Å². The molecule has 0 N–H and O–H groups in total. The second kappa shape index (κ2) is 7.23. The molecule has 1 heterocycles. The number of allylic oxidation sites excluding steroid dienone is 2. The van der Waals surface area contributed by atoms with Crippen LogP contribution in [0.4, 0.5) is 4.39 Å². The molecule has 2 aromatic carbocycles. The van der Waals surface area contributed by atoms with Crippen LogP contribution in [0.25, 0.3) is 0 Å². The summed E-state index contributed by atoms with van der Waals surface area (Å²) in [6, 6.07) is 12.6. The first-order valence-corrected chi connectivity index (χ1v) is 9.47. The third kappa shape index (κ3) is 3.21.